The van der Waals surface area contributed by atoms with E-state index in [9.17, 15) is 9.59 Å². The summed E-state index contributed by atoms with van der Waals surface area (Å²) in [6, 6.07) is 1.51. The van der Waals surface area contributed by atoms with Crippen LogP contribution in [0.5, 0.6) is 0 Å². The van der Waals surface area contributed by atoms with Gasteiger partial charge in [-0.1, -0.05) is 28.3 Å². The third-order valence-electron chi connectivity index (χ3n) is 1.83. The highest BCUT2D eigenvalue weighted by Gasteiger charge is 2.14. The maximum Gasteiger partial charge on any atom is 0.279 e. The number of amides is 2. The molecule has 2 amide bonds. The van der Waals surface area contributed by atoms with E-state index in [2.05, 4.69) is 20.7 Å². The molecule has 2 aromatic heterocycles. The fourth-order valence-electron chi connectivity index (χ4n) is 1.09. The fraction of sp³-hybridized carbons (Fsp3) is 0.222. The van der Waals surface area contributed by atoms with Crippen molar-refractivity contribution in [3.8, 4) is 0 Å². The highest BCUT2D eigenvalue weighted by atomic mass is 32.2. The molecular formula is C9H9N5O3S2. The lowest BCUT2D eigenvalue weighted by Crippen LogP contribution is -2.12. The average molecular weight is 299 g/mol. The third-order valence-corrected chi connectivity index (χ3v) is 3.82. The minimum Gasteiger partial charge on any atom is -0.369 e. The lowest BCUT2D eigenvalue weighted by Gasteiger charge is -1.94. The van der Waals surface area contributed by atoms with Crippen LogP contribution in [-0.4, -0.2) is 32.9 Å². The lowest BCUT2D eigenvalue weighted by atomic mass is 10.4. The van der Waals surface area contributed by atoms with Crippen molar-refractivity contribution in [3.63, 3.8) is 0 Å². The molecule has 3 N–H and O–H groups in total. The Balaban J connectivity index is 1.96. The molecule has 2 heterocycles. The van der Waals surface area contributed by atoms with Crippen molar-refractivity contribution in [2.75, 3.05) is 11.1 Å². The first kappa shape index (κ1) is 13.5. The summed E-state index contributed by atoms with van der Waals surface area (Å²) in [6.45, 7) is 1.69. The predicted molar refractivity (Wildman–Crippen MR) is 69.0 cm³/mol. The first-order chi connectivity index (χ1) is 9.04. The summed E-state index contributed by atoms with van der Waals surface area (Å²) >= 11 is 2.31. The van der Waals surface area contributed by atoms with Gasteiger partial charge in [0.05, 0.1) is 5.75 Å². The number of carbonyl (C=O) groups is 2. The quantitative estimate of drug-likeness (QED) is 0.614. The van der Waals surface area contributed by atoms with Gasteiger partial charge in [-0.2, -0.15) is 0 Å². The van der Waals surface area contributed by atoms with E-state index in [1.807, 2.05) is 0 Å². The number of anilines is 1. The summed E-state index contributed by atoms with van der Waals surface area (Å²) in [4.78, 5) is 22.3. The van der Waals surface area contributed by atoms with E-state index in [4.69, 9.17) is 10.3 Å². The fourth-order valence-corrected chi connectivity index (χ4v) is 2.57. The second kappa shape index (κ2) is 5.80. The Labute approximate surface area is 115 Å². The summed E-state index contributed by atoms with van der Waals surface area (Å²) in [5, 5.41) is 14.0. The standard InChI is InChI=1S/C9H9N5O3S2/c1-4-2-5(14-17-4)7(16)11-8-12-13-9(19-8)18-3-6(10)15/h2H,3H2,1H3,(H2,10,15)(H,11,12,16). The number of carbonyl (C=O) groups excluding carboxylic acids is 2. The summed E-state index contributed by atoms with van der Waals surface area (Å²) in [5.74, 6) is -0.214. The molecule has 0 unspecified atom stereocenters. The second-order valence-electron chi connectivity index (χ2n) is 3.41. The molecular weight excluding hydrogens is 290 g/mol. The molecule has 0 aromatic carbocycles. The van der Waals surface area contributed by atoms with E-state index in [1.165, 1.54) is 6.07 Å². The van der Waals surface area contributed by atoms with E-state index in [-0.39, 0.29) is 11.4 Å². The number of aryl methyl sites for hydroxylation is 1. The van der Waals surface area contributed by atoms with Crippen molar-refractivity contribution in [1.82, 2.24) is 15.4 Å². The minimum atomic E-state index is -0.441. The first-order valence-electron chi connectivity index (χ1n) is 5.04. The molecule has 0 saturated heterocycles. The minimum absolute atomic E-state index is 0.116. The maximum absolute atomic E-state index is 11.7. The van der Waals surface area contributed by atoms with Gasteiger partial charge < -0.3 is 10.3 Å². The molecule has 0 spiro atoms. The molecule has 100 valence electrons. The molecule has 0 fully saturated rings. The van der Waals surface area contributed by atoms with Crippen LogP contribution in [0.4, 0.5) is 5.13 Å². The first-order valence-corrected chi connectivity index (χ1v) is 6.84. The monoisotopic (exact) mass is 299 g/mol. The number of aromatic nitrogens is 3. The van der Waals surface area contributed by atoms with Crippen molar-refractivity contribution in [3.05, 3.63) is 17.5 Å². The van der Waals surface area contributed by atoms with Crippen molar-refractivity contribution in [2.24, 2.45) is 5.73 Å². The van der Waals surface area contributed by atoms with Crippen LogP contribution in [0.25, 0.3) is 0 Å². The number of hydrogen-bond donors (Lipinski definition) is 2. The molecule has 2 aromatic rings. The molecule has 0 bridgehead atoms. The average Bonchev–Trinajstić information content (AvgIpc) is 2.95. The number of nitrogens with one attached hydrogen (secondary N) is 1. The van der Waals surface area contributed by atoms with Gasteiger partial charge in [-0.05, 0) is 6.92 Å². The van der Waals surface area contributed by atoms with Crippen LogP contribution in [0, 0.1) is 6.92 Å². The van der Waals surface area contributed by atoms with Crippen molar-refractivity contribution >= 4 is 40.0 Å². The number of nitrogens with zero attached hydrogens (tertiary/aromatic N) is 3. The Hall–Kier alpha value is -1.94. The van der Waals surface area contributed by atoms with E-state index in [0.717, 1.165) is 23.1 Å². The van der Waals surface area contributed by atoms with Crippen molar-refractivity contribution in [2.45, 2.75) is 11.3 Å². The highest BCUT2D eigenvalue weighted by Crippen LogP contribution is 2.25. The number of rotatable bonds is 5. The molecule has 10 heteroatoms. The molecule has 0 radical (unpaired) electrons. The van der Waals surface area contributed by atoms with Crippen LogP contribution in [0.2, 0.25) is 0 Å². The predicted octanol–water partition coefficient (Wildman–Crippen LogP) is 0.664. The summed E-state index contributed by atoms with van der Waals surface area (Å²) in [6.07, 6.45) is 0. The van der Waals surface area contributed by atoms with Crippen LogP contribution in [0.3, 0.4) is 0 Å². The molecule has 0 aliphatic heterocycles. The van der Waals surface area contributed by atoms with Gasteiger partial charge in [-0.25, -0.2) is 0 Å². The Bertz CT molecular complexity index is 609. The smallest absolute Gasteiger partial charge is 0.279 e. The van der Waals surface area contributed by atoms with Gasteiger partial charge in [0.25, 0.3) is 5.91 Å². The molecule has 0 aliphatic rings. The van der Waals surface area contributed by atoms with E-state index < -0.39 is 11.8 Å². The van der Waals surface area contributed by atoms with Gasteiger partial charge in [0.15, 0.2) is 10.0 Å². The topological polar surface area (TPSA) is 124 Å². The Morgan fingerprint density at radius 1 is 1.53 bits per heavy atom. The summed E-state index contributed by atoms with van der Waals surface area (Å²) < 4.78 is 5.34. The summed E-state index contributed by atoms with van der Waals surface area (Å²) in [7, 11) is 0. The number of nitrogens with two attached hydrogens (primary N) is 1. The van der Waals surface area contributed by atoms with E-state index in [1.54, 1.807) is 6.92 Å². The zero-order chi connectivity index (χ0) is 13.8. The zero-order valence-electron chi connectivity index (χ0n) is 9.74. The Morgan fingerprint density at radius 2 is 2.32 bits per heavy atom. The van der Waals surface area contributed by atoms with Crippen molar-refractivity contribution in [1.29, 1.82) is 0 Å². The van der Waals surface area contributed by atoms with Crippen molar-refractivity contribution < 1.29 is 14.1 Å². The third kappa shape index (κ3) is 3.76. The second-order valence-corrected chi connectivity index (χ2v) is 5.61. The molecule has 8 nitrogen and oxygen atoms in total. The van der Waals surface area contributed by atoms with Gasteiger partial charge in [0.2, 0.25) is 11.0 Å². The lowest BCUT2D eigenvalue weighted by molar-refractivity contribution is -0.115. The summed E-state index contributed by atoms with van der Waals surface area (Å²) in [5.41, 5.74) is 5.18. The Morgan fingerprint density at radius 3 is 2.95 bits per heavy atom. The molecule has 0 saturated carbocycles. The number of hydrogen-bond acceptors (Lipinski definition) is 8. The van der Waals surface area contributed by atoms with Crippen LogP contribution in [0.15, 0.2) is 14.9 Å². The number of primary amides is 1. The highest BCUT2D eigenvalue weighted by molar-refractivity contribution is 8.01. The molecule has 19 heavy (non-hydrogen) atoms. The van der Waals surface area contributed by atoms with Gasteiger partial charge in [0, 0.05) is 6.07 Å². The van der Waals surface area contributed by atoms with Crippen LogP contribution in [-0.2, 0) is 4.79 Å². The van der Waals surface area contributed by atoms with Gasteiger partial charge in [-0.15, -0.1) is 10.2 Å². The normalized spacial score (nSPS) is 10.4. The zero-order valence-corrected chi connectivity index (χ0v) is 11.4. The van der Waals surface area contributed by atoms with Crippen LogP contribution < -0.4 is 11.1 Å². The van der Waals surface area contributed by atoms with Gasteiger partial charge in [0.1, 0.15) is 5.76 Å². The van der Waals surface area contributed by atoms with Crippen LogP contribution in [0.1, 0.15) is 16.2 Å². The number of thioether (sulfide) groups is 1. The SMILES string of the molecule is Cc1cc(C(=O)Nc2nnc(SCC(N)=O)s2)no1. The van der Waals surface area contributed by atoms with Crippen LogP contribution >= 0.6 is 23.1 Å². The Kier molecular flexibility index (Phi) is 4.12. The van der Waals surface area contributed by atoms with Gasteiger partial charge in [-0.3, -0.25) is 14.9 Å². The molecule has 0 atom stereocenters. The van der Waals surface area contributed by atoms with Gasteiger partial charge >= 0.3 is 0 Å². The van der Waals surface area contributed by atoms with E-state index >= 15 is 0 Å². The molecule has 0 aliphatic carbocycles. The maximum atomic E-state index is 11.7. The molecule has 2 rings (SSSR count). The van der Waals surface area contributed by atoms with E-state index in [0.29, 0.717) is 15.2 Å². The largest absolute Gasteiger partial charge is 0.369 e.